The Morgan fingerprint density at radius 2 is 1.67 bits per heavy atom. The Labute approximate surface area is 201 Å². The molecule has 0 saturated carbocycles. The van der Waals surface area contributed by atoms with Gasteiger partial charge in [-0.2, -0.15) is 15.4 Å². The zero-order valence-corrected chi connectivity index (χ0v) is 19.4. The Bertz CT molecular complexity index is 1220. The van der Waals surface area contributed by atoms with Gasteiger partial charge in [-0.1, -0.05) is 29.3 Å². The van der Waals surface area contributed by atoms with Crippen LogP contribution in [-0.2, 0) is 4.79 Å². The van der Waals surface area contributed by atoms with E-state index in [1.807, 2.05) is 15.9 Å². The van der Waals surface area contributed by atoms with E-state index < -0.39 is 0 Å². The van der Waals surface area contributed by atoms with Crippen LogP contribution in [0.3, 0.4) is 0 Å². The lowest BCUT2D eigenvalue weighted by Crippen LogP contribution is -2.33. The SMILES string of the molecule is O=C(C=Cc1ccc(Cl)cc1Cl)N1CCC2CN(C(=O)c3ccc4n[nH]nc4c3)CC2CC1. The first kappa shape index (κ1) is 21.9. The van der Waals surface area contributed by atoms with Crippen LogP contribution in [-0.4, -0.2) is 63.2 Å². The maximum Gasteiger partial charge on any atom is 0.253 e. The van der Waals surface area contributed by atoms with E-state index in [1.165, 1.54) is 0 Å². The summed E-state index contributed by atoms with van der Waals surface area (Å²) in [5, 5.41) is 11.8. The van der Waals surface area contributed by atoms with Crippen molar-refractivity contribution in [2.75, 3.05) is 26.2 Å². The van der Waals surface area contributed by atoms with Crippen molar-refractivity contribution in [3.63, 3.8) is 0 Å². The van der Waals surface area contributed by atoms with E-state index in [-0.39, 0.29) is 11.8 Å². The van der Waals surface area contributed by atoms with Crippen LogP contribution in [0.25, 0.3) is 17.1 Å². The molecule has 0 aliphatic carbocycles. The summed E-state index contributed by atoms with van der Waals surface area (Å²) in [5.74, 6) is 0.813. The largest absolute Gasteiger partial charge is 0.339 e. The zero-order valence-electron chi connectivity index (χ0n) is 17.9. The molecule has 9 heteroatoms. The number of H-pyrrole nitrogens is 1. The van der Waals surface area contributed by atoms with E-state index in [2.05, 4.69) is 15.4 Å². The van der Waals surface area contributed by atoms with Crippen molar-refractivity contribution in [3.05, 3.63) is 63.6 Å². The van der Waals surface area contributed by atoms with Crippen LogP contribution >= 0.6 is 23.2 Å². The number of hydrogen-bond acceptors (Lipinski definition) is 4. The fourth-order valence-corrected chi connectivity index (χ4v) is 5.26. The van der Waals surface area contributed by atoms with Gasteiger partial charge < -0.3 is 9.80 Å². The van der Waals surface area contributed by atoms with Crippen molar-refractivity contribution in [1.82, 2.24) is 25.2 Å². The van der Waals surface area contributed by atoms with Crippen LogP contribution in [0.2, 0.25) is 10.0 Å². The third-order valence-corrected chi connectivity index (χ3v) is 7.21. The van der Waals surface area contributed by atoms with Crippen LogP contribution < -0.4 is 0 Å². The van der Waals surface area contributed by atoms with Crippen LogP contribution in [0.15, 0.2) is 42.5 Å². The van der Waals surface area contributed by atoms with E-state index in [0.29, 0.717) is 46.1 Å². The number of likely N-dealkylation sites (tertiary alicyclic amines) is 2. The number of carbonyl (C=O) groups is 2. The van der Waals surface area contributed by atoms with Crippen LogP contribution in [0.1, 0.15) is 28.8 Å². The Kier molecular flexibility index (Phi) is 6.08. The molecule has 2 unspecified atom stereocenters. The van der Waals surface area contributed by atoms with Crippen molar-refractivity contribution in [2.24, 2.45) is 11.8 Å². The smallest absolute Gasteiger partial charge is 0.253 e. The topological polar surface area (TPSA) is 82.2 Å². The summed E-state index contributed by atoms with van der Waals surface area (Å²) in [5.41, 5.74) is 2.83. The monoisotopic (exact) mass is 483 g/mol. The molecule has 2 fully saturated rings. The second kappa shape index (κ2) is 9.15. The van der Waals surface area contributed by atoms with Gasteiger partial charge in [-0.05, 0) is 66.6 Å². The first-order valence-corrected chi connectivity index (χ1v) is 11.8. The molecular weight excluding hydrogens is 461 g/mol. The summed E-state index contributed by atoms with van der Waals surface area (Å²) in [6.07, 6.45) is 5.08. The minimum absolute atomic E-state index is 0.0187. The lowest BCUT2D eigenvalue weighted by molar-refractivity contribution is -0.126. The number of aromatic nitrogens is 3. The highest BCUT2D eigenvalue weighted by Crippen LogP contribution is 2.33. The van der Waals surface area contributed by atoms with Crippen LogP contribution in [0, 0.1) is 11.8 Å². The minimum atomic E-state index is -0.0187. The molecule has 2 aliphatic heterocycles. The average Bonchev–Trinajstić information content (AvgIpc) is 3.39. The van der Waals surface area contributed by atoms with E-state index in [9.17, 15) is 9.59 Å². The van der Waals surface area contributed by atoms with Gasteiger partial charge in [0, 0.05) is 47.9 Å². The summed E-state index contributed by atoms with van der Waals surface area (Å²) >= 11 is 12.1. The molecule has 3 aromatic rings. The second-order valence-electron chi connectivity index (χ2n) is 8.66. The quantitative estimate of drug-likeness (QED) is 0.563. The maximum atomic E-state index is 13.1. The number of rotatable bonds is 3. The molecule has 2 aliphatic rings. The highest BCUT2D eigenvalue weighted by Gasteiger charge is 2.37. The third-order valence-electron chi connectivity index (χ3n) is 6.65. The second-order valence-corrected chi connectivity index (χ2v) is 9.50. The van der Waals surface area contributed by atoms with E-state index in [0.717, 1.165) is 37.0 Å². The molecule has 0 spiro atoms. The highest BCUT2D eigenvalue weighted by atomic mass is 35.5. The van der Waals surface area contributed by atoms with Gasteiger partial charge in [0.1, 0.15) is 11.0 Å². The molecule has 0 bridgehead atoms. The van der Waals surface area contributed by atoms with Crippen molar-refractivity contribution in [2.45, 2.75) is 12.8 Å². The molecule has 2 amide bonds. The molecule has 1 N–H and O–H groups in total. The molecule has 33 heavy (non-hydrogen) atoms. The van der Waals surface area contributed by atoms with E-state index >= 15 is 0 Å². The Balaban J connectivity index is 1.19. The van der Waals surface area contributed by atoms with Gasteiger partial charge in [-0.25, -0.2) is 0 Å². The number of amides is 2. The number of benzene rings is 2. The number of halogens is 2. The Morgan fingerprint density at radius 3 is 2.39 bits per heavy atom. The zero-order chi connectivity index (χ0) is 22.9. The molecular formula is C24H23Cl2N5O2. The summed E-state index contributed by atoms with van der Waals surface area (Å²) in [4.78, 5) is 29.6. The normalized spacial score (nSPS) is 20.9. The van der Waals surface area contributed by atoms with Gasteiger partial charge in [-0.3, -0.25) is 9.59 Å². The molecule has 2 aromatic carbocycles. The number of aromatic amines is 1. The van der Waals surface area contributed by atoms with Crippen molar-refractivity contribution in [3.8, 4) is 0 Å². The maximum absolute atomic E-state index is 13.1. The Hall–Kier alpha value is -2.90. The number of nitrogens with zero attached hydrogens (tertiary/aromatic N) is 4. The van der Waals surface area contributed by atoms with Gasteiger partial charge in [0.05, 0.1) is 0 Å². The fraction of sp³-hybridized carbons (Fsp3) is 0.333. The van der Waals surface area contributed by atoms with Gasteiger partial charge in [-0.15, -0.1) is 0 Å². The fourth-order valence-electron chi connectivity index (χ4n) is 4.79. The van der Waals surface area contributed by atoms with Gasteiger partial charge in [0.2, 0.25) is 5.91 Å². The van der Waals surface area contributed by atoms with Crippen molar-refractivity contribution in [1.29, 1.82) is 0 Å². The molecule has 170 valence electrons. The standard InChI is InChI=1S/C24H23Cl2N5O2/c25-19-4-1-15(20(26)12-19)3-6-23(32)30-9-7-17-13-31(14-18(17)8-10-30)24(33)16-2-5-21-22(11-16)28-29-27-21/h1-6,11-12,17-18H,7-10,13-14H2,(H,27,28,29). The lowest BCUT2D eigenvalue weighted by Gasteiger charge is -2.21. The number of fused-ring (bicyclic) bond motifs is 2. The predicted molar refractivity (Wildman–Crippen MR) is 128 cm³/mol. The predicted octanol–water partition coefficient (Wildman–Crippen LogP) is 4.29. The molecule has 1 aromatic heterocycles. The molecule has 0 radical (unpaired) electrons. The van der Waals surface area contributed by atoms with E-state index in [1.54, 1.807) is 42.5 Å². The van der Waals surface area contributed by atoms with Gasteiger partial charge in [0.15, 0.2) is 0 Å². The summed E-state index contributed by atoms with van der Waals surface area (Å²) in [7, 11) is 0. The number of carbonyl (C=O) groups excluding carboxylic acids is 2. The van der Waals surface area contributed by atoms with E-state index in [4.69, 9.17) is 23.2 Å². The van der Waals surface area contributed by atoms with Crippen LogP contribution in [0.5, 0.6) is 0 Å². The molecule has 2 saturated heterocycles. The first-order chi connectivity index (χ1) is 16.0. The first-order valence-electron chi connectivity index (χ1n) is 11.0. The Morgan fingerprint density at radius 1 is 0.939 bits per heavy atom. The minimum Gasteiger partial charge on any atom is -0.339 e. The summed E-state index contributed by atoms with van der Waals surface area (Å²) in [6.45, 7) is 2.81. The molecule has 7 nitrogen and oxygen atoms in total. The van der Waals surface area contributed by atoms with Crippen molar-refractivity contribution < 1.29 is 9.59 Å². The summed E-state index contributed by atoms with van der Waals surface area (Å²) in [6, 6.07) is 10.6. The number of nitrogens with one attached hydrogen (secondary N) is 1. The highest BCUT2D eigenvalue weighted by molar-refractivity contribution is 6.35. The molecule has 3 heterocycles. The lowest BCUT2D eigenvalue weighted by atomic mass is 9.92. The molecule has 2 atom stereocenters. The van der Waals surface area contributed by atoms with Crippen molar-refractivity contribution >= 4 is 52.1 Å². The number of hydrogen-bond donors (Lipinski definition) is 1. The summed E-state index contributed by atoms with van der Waals surface area (Å²) < 4.78 is 0. The molecule has 5 rings (SSSR count). The van der Waals surface area contributed by atoms with Gasteiger partial charge >= 0.3 is 0 Å². The van der Waals surface area contributed by atoms with Gasteiger partial charge in [0.25, 0.3) is 5.91 Å². The average molecular weight is 484 g/mol. The third kappa shape index (κ3) is 4.61. The van der Waals surface area contributed by atoms with Crippen LogP contribution in [0.4, 0.5) is 0 Å².